The molecule has 110 valence electrons. The number of aromatic amines is 1. The first kappa shape index (κ1) is 14.7. The van der Waals surface area contributed by atoms with Crippen LogP contribution in [0.3, 0.4) is 0 Å². The molecule has 0 spiro atoms. The molecule has 7 heteroatoms. The van der Waals surface area contributed by atoms with Crippen LogP contribution in [-0.4, -0.2) is 21.0 Å². The van der Waals surface area contributed by atoms with Gasteiger partial charge in [0.05, 0.1) is 6.07 Å². The largest absolute Gasteiger partial charge is 0.478 e. The number of nitrogens with zero attached hydrogens (tertiary/aromatic N) is 1. The zero-order chi connectivity index (χ0) is 15.6. The normalized spacial score (nSPS) is 10.7. The number of hydrogen-bond acceptors (Lipinski definition) is 4. The Morgan fingerprint density at radius 3 is 2.71 bits per heavy atom. The maximum absolute atomic E-state index is 13.1. The summed E-state index contributed by atoms with van der Waals surface area (Å²) in [5.74, 6) is -1.78. The molecule has 0 saturated carbocycles. The molecular formula is C14H13FN2O4. The Morgan fingerprint density at radius 2 is 2.10 bits per heavy atom. The fraction of sp³-hybridized carbons (Fsp3) is 0.214. The van der Waals surface area contributed by atoms with Gasteiger partial charge in [-0.1, -0.05) is 13.8 Å². The average molecular weight is 292 g/mol. The quantitative estimate of drug-likeness (QED) is 0.903. The maximum atomic E-state index is 13.1. The van der Waals surface area contributed by atoms with Crippen molar-refractivity contribution in [1.29, 1.82) is 0 Å². The van der Waals surface area contributed by atoms with E-state index in [-0.39, 0.29) is 23.1 Å². The molecule has 0 amide bonds. The van der Waals surface area contributed by atoms with Crippen LogP contribution in [0.25, 0.3) is 0 Å². The van der Waals surface area contributed by atoms with E-state index in [1.807, 2.05) is 13.8 Å². The van der Waals surface area contributed by atoms with E-state index in [9.17, 15) is 14.0 Å². The predicted octanol–water partition coefficient (Wildman–Crippen LogP) is 2.52. The van der Waals surface area contributed by atoms with Crippen LogP contribution >= 0.6 is 0 Å². The van der Waals surface area contributed by atoms with Crippen molar-refractivity contribution < 1.29 is 19.0 Å². The molecular weight excluding hydrogens is 279 g/mol. The molecule has 2 N–H and O–H groups in total. The molecule has 0 aliphatic heterocycles. The van der Waals surface area contributed by atoms with Crippen molar-refractivity contribution in [3.05, 3.63) is 51.8 Å². The Morgan fingerprint density at radius 1 is 1.38 bits per heavy atom. The molecule has 1 aromatic carbocycles. The van der Waals surface area contributed by atoms with Gasteiger partial charge in [0.15, 0.2) is 0 Å². The molecule has 0 fully saturated rings. The van der Waals surface area contributed by atoms with Crippen molar-refractivity contribution in [1.82, 2.24) is 9.97 Å². The fourth-order valence-electron chi connectivity index (χ4n) is 1.65. The van der Waals surface area contributed by atoms with Crippen LogP contribution < -0.4 is 10.3 Å². The Kier molecular flexibility index (Phi) is 4.02. The SMILES string of the molecule is CC(C)c1nc(Oc2ccc(F)cc2C(=O)O)cc(=O)[nH]1. The first-order valence-corrected chi connectivity index (χ1v) is 6.19. The summed E-state index contributed by atoms with van der Waals surface area (Å²) in [6.45, 7) is 3.67. The third kappa shape index (κ3) is 3.44. The number of aromatic carboxylic acids is 1. The molecule has 0 saturated heterocycles. The highest BCUT2D eigenvalue weighted by molar-refractivity contribution is 5.90. The lowest BCUT2D eigenvalue weighted by atomic mass is 10.2. The minimum Gasteiger partial charge on any atom is -0.478 e. The Bertz CT molecular complexity index is 740. The minimum absolute atomic E-state index is 0.0339. The van der Waals surface area contributed by atoms with Crippen molar-refractivity contribution in [2.75, 3.05) is 0 Å². The van der Waals surface area contributed by atoms with Crippen LogP contribution in [-0.2, 0) is 0 Å². The Hall–Kier alpha value is -2.70. The standard InChI is InChI=1S/C14H13FN2O4/c1-7(2)13-16-11(18)6-12(17-13)21-10-4-3-8(15)5-9(10)14(19)20/h3-7H,1-2H3,(H,19,20)(H,16,17,18). The number of hydrogen-bond donors (Lipinski definition) is 2. The van der Waals surface area contributed by atoms with Crippen LogP contribution in [0.4, 0.5) is 4.39 Å². The van der Waals surface area contributed by atoms with E-state index in [2.05, 4.69) is 9.97 Å². The second-order valence-electron chi connectivity index (χ2n) is 4.67. The van der Waals surface area contributed by atoms with Crippen molar-refractivity contribution in [2.24, 2.45) is 0 Å². The van der Waals surface area contributed by atoms with E-state index in [0.717, 1.165) is 18.2 Å². The smallest absolute Gasteiger partial charge is 0.339 e. The molecule has 2 rings (SSSR count). The van der Waals surface area contributed by atoms with Crippen molar-refractivity contribution in [3.63, 3.8) is 0 Å². The highest BCUT2D eigenvalue weighted by Gasteiger charge is 2.15. The second-order valence-corrected chi connectivity index (χ2v) is 4.67. The van der Waals surface area contributed by atoms with E-state index in [1.54, 1.807) is 0 Å². The molecule has 0 aliphatic rings. The molecule has 2 aromatic rings. The predicted molar refractivity (Wildman–Crippen MR) is 72.4 cm³/mol. The first-order chi connectivity index (χ1) is 9.86. The van der Waals surface area contributed by atoms with Crippen LogP contribution in [0, 0.1) is 5.82 Å². The lowest BCUT2D eigenvalue weighted by Crippen LogP contribution is -2.12. The number of carboxylic acid groups (broad SMARTS) is 1. The van der Waals surface area contributed by atoms with E-state index in [4.69, 9.17) is 9.84 Å². The van der Waals surface area contributed by atoms with Gasteiger partial charge in [-0.3, -0.25) is 4.79 Å². The molecule has 21 heavy (non-hydrogen) atoms. The number of H-pyrrole nitrogens is 1. The van der Waals surface area contributed by atoms with Gasteiger partial charge in [-0.25, -0.2) is 9.18 Å². The van der Waals surface area contributed by atoms with Gasteiger partial charge in [0.2, 0.25) is 5.88 Å². The van der Waals surface area contributed by atoms with Gasteiger partial charge in [0.1, 0.15) is 23.0 Å². The number of nitrogens with one attached hydrogen (secondary N) is 1. The molecule has 1 aromatic heterocycles. The van der Waals surface area contributed by atoms with E-state index in [1.165, 1.54) is 6.07 Å². The topological polar surface area (TPSA) is 92.3 Å². The number of benzene rings is 1. The van der Waals surface area contributed by atoms with Crippen LogP contribution in [0.1, 0.15) is 35.9 Å². The van der Waals surface area contributed by atoms with Crippen LogP contribution in [0.15, 0.2) is 29.1 Å². The van der Waals surface area contributed by atoms with Gasteiger partial charge in [-0.05, 0) is 18.2 Å². The zero-order valence-electron chi connectivity index (χ0n) is 11.4. The van der Waals surface area contributed by atoms with E-state index in [0.29, 0.717) is 5.82 Å². The van der Waals surface area contributed by atoms with Crippen molar-refractivity contribution >= 4 is 5.97 Å². The summed E-state index contributed by atoms with van der Waals surface area (Å²) in [6, 6.07) is 4.18. The highest BCUT2D eigenvalue weighted by Crippen LogP contribution is 2.25. The van der Waals surface area contributed by atoms with Crippen LogP contribution in [0.5, 0.6) is 11.6 Å². The van der Waals surface area contributed by atoms with Gasteiger partial charge >= 0.3 is 5.97 Å². The van der Waals surface area contributed by atoms with Gasteiger partial charge in [0.25, 0.3) is 5.56 Å². The summed E-state index contributed by atoms with van der Waals surface area (Å²) < 4.78 is 18.4. The third-order valence-corrected chi connectivity index (χ3v) is 2.67. The zero-order valence-corrected chi connectivity index (χ0v) is 11.4. The molecule has 0 bridgehead atoms. The molecule has 0 aliphatic carbocycles. The van der Waals surface area contributed by atoms with E-state index >= 15 is 0 Å². The Balaban J connectivity index is 2.43. The average Bonchev–Trinajstić information content (AvgIpc) is 2.40. The highest BCUT2D eigenvalue weighted by atomic mass is 19.1. The van der Waals surface area contributed by atoms with Crippen molar-refractivity contribution in [2.45, 2.75) is 19.8 Å². The number of aromatic nitrogens is 2. The summed E-state index contributed by atoms with van der Waals surface area (Å²) >= 11 is 0. The first-order valence-electron chi connectivity index (χ1n) is 6.19. The summed E-state index contributed by atoms with van der Waals surface area (Å²) in [5, 5.41) is 9.03. The monoisotopic (exact) mass is 292 g/mol. The lowest BCUT2D eigenvalue weighted by Gasteiger charge is -2.10. The van der Waals surface area contributed by atoms with Gasteiger partial charge in [-0.15, -0.1) is 0 Å². The summed E-state index contributed by atoms with van der Waals surface area (Å²) in [7, 11) is 0. The number of halogens is 1. The third-order valence-electron chi connectivity index (χ3n) is 2.67. The van der Waals surface area contributed by atoms with Gasteiger partial charge < -0.3 is 14.8 Å². The molecule has 0 atom stereocenters. The molecule has 6 nitrogen and oxygen atoms in total. The molecule has 0 unspecified atom stereocenters. The fourth-order valence-corrected chi connectivity index (χ4v) is 1.65. The van der Waals surface area contributed by atoms with E-state index < -0.39 is 17.3 Å². The maximum Gasteiger partial charge on any atom is 0.339 e. The Labute approximate surface area is 119 Å². The van der Waals surface area contributed by atoms with Gasteiger partial charge in [0, 0.05) is 5.92 Å². The van der Waals surface area contributed by atoms with Crippen molar-refractivity contribution in [3.8, 4) is 11.6 Å². The van der Waals surface area contributed by atoms with Gasteiger partial charge in [-0.2, -0.15) is 4.98 Å². The summed E-state index contributed by atoms with van der Waals surface area (Å²) in [6.07, 6.45) is 0. The molecule has 1 heterocycles. The summed E-state index contributed by atoms with van der Waals surface area (Å²) in [5.41, 5.74) is -0.758. The summed E-state index contributed by atoms with van der Waals surface area (Å²) in [4.78, 5) is 29.2. The number of carbonyl (C=O) groups is 1. The molecule has 0 radical (unpaired) electrons. The number of ether oxygens (including phenoxy) is 1. The lowest BCUT2D eigenvalue weighted by molar-refractivity contribution is 0.0693. The number of rotatable bonds is 4. The minimum atomic E-state index is -1.33. The van der Waals surface area contributed by atoms with Crippen LogP contribution in [0.2, 0.25) is 0 Å². The number of carboxylic acids is 1. The second kappa shape index (κ2) is 5.74.